The minimum absolute atomic E-state index is 0.0170. The number of benzene rings is 2. The monoisotopic (exact) mass is 544 g/mol. The van der Waals surface area contributed by atoms with Gasteiger partial charge in [0.15, 0.2) is 0 Å². The Hall–Kier alpha value is -4.24. The molecule has 2 N–H and O–H groups in total. The molecule has 1 aliphatic rings. The van der Waals surface area contributed by atoms with Crippen molar-refractivity contribution in [3.8, 4) is 11.3 Å². The lowest BCUT2D eigenvalue weighted by Crippen LogP contribution is -2.27. The van der Waals surface area contributed by atoms with E-state index in [1.807, 2.05) is 35.4 Å². The van der Waals surface area contributed by atoms with Crippen LogP contribution in [-0.2, 0) is 13.1 Å². The van der Waals surface area contributed by atoms with Crippen molar-refractivity contribution in [3.05, 3.63) is 86.7 Å². The summed E-state index contributed by atoms with van der Waals surface area (Å²) in [6, 6.07) is 11.6. The lowest BCUT2D eigenvalue weighted by atomic mass is 9.95. The first-order valence-corrected chi connectivity index (χ1v) is 13.1. The van der Waals surface area contributed by atoms with Crippen LogP contribution in [0, 0.1) is 12.7 Å². The van der Waals surface area contributed by atoms with Crippen molar-refractivity contribution in [1.29, 1.82) is 0 Å². The molecule has 6 rings (SSSR count). The number of amides is 1. The molecule has 0 saturated heterocycles. The van der Waals surface area contributed by atoms with Crippen LogP contribution in [0.4, 0.5) is 10.1 Å². The number of anilines is 1. The van der Waals surface area contributed by atoms with E-state index in [9.17, 15) is 14.0 Å². The summed E-state index contributed by atoms with van der Waals surface area (Å²) in [6.07, 6.45) is 2.71. The fourth-order valence-corrected chi connectivity index (χ4v) is 5.67. The van der Waals surface area contributed by atoms with E-state index in [4.69, 9.17) is 11.6 Å². The highest BCUT2D eigenvalue weighted by Crippen LogP contribution is 2.36. The molecule has 0 bridgehead atoms. The number of rotatable bonds is 5. The lowest BCUT2D eigenvalue weighted by molar-refractivity contribution is 0.0959. The number of hydrogen-bond donors (Lipinski definition) is 2. The first kappa shape index (κ1) is 25.1. The van der Waals surface area contributed by atoms with Crippen molar-refractivity contribution in [2.24, 2.45) is 0 Å². The molecule has 2 aromatic carbocycles. The fraction of sp³-hybridized carbons (Fsp3) is 0.241. The molecular weight excluding hydrogens is 519 g/mol. The van der Waals surface area contributed by atoms with Crippen molar-refractivity contribution in [2.45, 2.75) is 39.4 Å². The van der Waals surface area contributed by atoms with E-state index in [2.05, 4.69) is 26.8 Å². The van der Waals surface area contributed by atoms with Crippen LogP contribution in [0.25, 0.3) is 33.1 Å². The van der Waals surface area contributed by atoms with Gasteiger partial charge in [0.25, 0.3) is 11.5 Å². The van der Waals surface area contributed by atoms with Crippen LogP contribution >= 0.6 is 11.6 Å². The van der Waals surface area contributed by atoms with Gasteiger partial charge in [0.2, 0.25) is 0 Å². The quantitative estimate of drug-likeness (QED) is 0.287. The smallest absolute Gasteiger partial charge is 0.260 e. The number of hydrogen-bond acceptors (Lipinski definition) is 5. The Morgan fingerprint density at radius 3 is 2.72 bits per heavy atom. The Morgan fingerprint density at radius 2 is 1.95 bits per heavy atom. The van der Waals surface area contributed by atoms with Gasteiger partial charge in [-0.1, -0.05) is 23.7 Å². The van der Waals surface area contributed by atoms with Gasteiger partial charge in [-0.15, -0.1) is 0 Å². The molecule has 0 saturated carbocycles. The molecule has 4 heterocycles. The molecule has 8 nitrogen and oxygen atoms in total. The highest BCUT2D eigenvalue weighted by Gasteiger charge is 2.23. The summed E-state index contributed by atoms with van der Waals surface area (Å²) in [5, 5.41) is 13.2. The van der Waals surface area contributed by atoms with Crippen LogP contribution in [0.15, 0.2) is 53.5 Å². The number of nitrogens with one attached hydrogen (secondary N) is 2. The minimum Gasteiger partial charge on any atom is -0.377 e. The molecule has 3 aromatic heterocycles. The predicted octanol–water partition coefficient (Wildman–Crippen LogP) is 5.45. The van der Waals surface area contributed by atoms with E-state index in [0.29, 0.717) is 28.9 Å². The van der Waals surface area contributed by atoms with E-state index < -0.39 is 11.7 Å². The van der Waals surface area contributed by atoms with Crippen LogP contribution in [0.3, 0.4) is 0 Å². The van der Waals surface area contributed by atoms with Crippen LogP contribution < -0.4 is 16.2 Å². The Balaban J connectivity index is 1.47. The summed E-state index contributed by atoms with van der Waals surface area (Å²) in [5.41, 5.74) is 4.24. The average Bonchev–Trinajstić information content (AvgIpc) is 3.36. The van der Waals surface area contributed by atoms with Gasteiger partial charge < -0.3 is 10.6 Å². The number of pyridine rings is 2. The number of carbonyl (C=O) groups excluding carboxylic acids is 1. The molecule has 0 spiro atoms. The second-order valence-electron chi connectivity index (χ2n) is 9.86. The topological polar surface area (TPSA) is 93.8 Å². The van der Waals surface area contributed by atoms with E-state index in [1.165, 1.54) is 19.2 Å². The molecule has 0 aliphatic carbocycles. The van der Waals surface area contributed by atoms with E-state index in [-0.39, 0.29) is 22.3 Å². The first-order chi connectivity index (χ1) is 18.8. The molecule has 1 aliphatic heterocycles. The molecule has 0 fully saturated rings. The van der Waals surface area contributed by atoms with Gasteiger partial charge in [-0.2, -0.15) is 5.10 Å². The first-order valence-electron chi connectivity index (χ1n) is 12.7. The molecule has 39 heavy (non-hydrogen) atoms. The summed E-state index contributed by atoms with van der Waals surface area (Å²) in [4.78, 5) is 30.0. The maximum atomic E-state index is 14.8. The van der Waals surface area contributed by atoms with Gasteiger partial charge in [-0.25, -0.2) is 14.1 Å². The van der Waals surface area contributed by atoms with Crippen LogP contribution in [0.5, 0.6) is 0 Å². The molecule has 1 atom stereocenters. The summed E-state index contributed by atoms with van der Waals surface area (Å²) in [6.45, 7) is 5.43. The number of nitrogens with zero attached hydrogens (tertiary/aromatic N) is 4. The zero-order valence-corrected chi connectivity index (χ0v) is 22.4. The van der Waals surface area contributed by atoms with Crippen molar-refractivity contribution in [3.63, 3.8) is 0 Å². The number of halogens is 2. The minimum atomic E-state index is -0.658. The Bertz CT molecular complexity index is 1860. The molecule has 5 aromatic rings. The third-order valence-electron chi connectivity index (χ3n) is 7.29. The van der Waals surface area contributed by atoms with Crippen molar-refractivity contribution in [1.82, 2.24) is 24.6 Å². The van der Waals surface area contributed by atoms with E-state index >= 15 is 0 Å². The highest BCUT2D eigenvalue weighted by molar-refractivity contribution is 6.29. The normalized spacial score (nSPS) is 13.6. The van der Waals surface area contributed by atoms with Gasteiger partial charge in [0.1, 0.15) is 16.6 Å². The number of aromatic nitrogens is 4. The van der Waals surface area contributed by atoms with Gasteiger partial charge in [0.05, 0.1) is 23.1 Å². The molecule has 0 radical (unpaired) electrons. The number of aryl methyl sites for hydroxylation is 3. The molecular formula is C29H26ClFN6O2. The second-order valence-corrected chi connectivity index (χ2v) is 10.2. The lowest BCUT2D eigenvalue weighted by Gasteiger charge is -2.23. The number of fused-ring (bicyclic) bond motifs is 2. The summed E-state index contributed by atoms with van der Waals surface area (Å²) in [5.74, 6) is -1.17. The van der Waals surface area contributed by atoms with Crippen LogP contribution in [-0.4, -0.2) is 32.3 Å². The van der Waals surface area contributed by atoms with Gasteiger partial charge in [0, 0.05) is 47.9 Å². The van der Waals surface area contributed by atoms with Gasteiger partial charge >= 0.3 is 0 Å². The molecule has 10 heteroatoms. The van der Waals surface area contributed by atoms with Crippen LogP contribution in [0.2, 0.25) is 5.15 Å². The van der Waals surface area contributed by atoms with Crippen molar-refractivity contribution < 1.29 is 9.18 Å². The van der Waals surface area contributed by atoms with Gasteiger partial charge in [-0.05, 0) is 61.7 Å². The molecule has 198 valence electrons. The zero-order valence-electron chi connectivity index (χ0n) is 21.7. The maximum Gasteiger partial charge on any atom is 0.260 e. The maximum absolute atomic E-state index is 14.8. The van der Waals surface area contributed by atoms with Crippen molar-refractivity contribution in [2.75, 3.05) is 12.4 Å². The third kappa shape index (κ3) is 4.13. The fourth-order valence-electron chi connectivity index (χ4n) is 5.52. The largest absolute Gasteiger partial charge is 0.377 e. The Morgan fingerprint density at radius 1 is 1.13 bits per heavy atom. The summed E-state index contributed by atoms with van der Waals surface area (Å²) in [7, 11) is 1.45. The summed E-state index contributed by atoms with van der Waals surface area (Å²) >= 11 is 6.24. The Kier molecular flexibility index (Phi) is 6.10. The number of carbonyl (C=O) groups is 1. The standard InChI is InChI=1S/C29H26ClFN6O2/c1-15-11-19(25-20(12-15)29(39)36-9-4-10-37-28(36)21(25)14-33-37)16(2)34-23-7-8-24(30)35-26(23)17-5-6-18(22(31)13-17)27(38)32-3/h5-8,11-14,16,34H,4,9-10H2,1-3H3,(H,32,38). The highest BCUT2D eigenvalue weighted by atomic mass is 35.5. The SMILES string of the molecule is CNC(=O)c1ccc(-c2nc(Cl)ccc2NC(C)c2cc(C)cc3c(=O)n4c5c(cnn5CCC4)c23)cc1F. The van der Waals surface area contributed by atoms with E-state index in [1.54, 1.807) is 18.2 Å². The molecule has 1 unspecified atom stereocenters. The predicted molar refractivity (Wildman–Crippen MR) is 151 cm³/mol. The van der Waals surface area contributed by atoms with Gasteiger partial charge in [-0.3, -0.25) is 14.2 Å². The molecule has 1 amide bonds. The average molecular weight is 545 g/mol. The van der Waals surface area contributed by atoms with Crippen molar-refractivity contribution >= 4 is 45.0 Å². The summed E-state index contributed by atoms with van der Waals surface area (Å²) < 4.78 is 18.6. The third-order valence-corrected chi connectivity index (χ3v) is 7.50. The van der Waals surface area contributed by atoms with Crippen LogP contribution in [0.1, 0.15) is 40.9 Å². The van der Waals surface area contributed by atoms with E-state index in [0.717, 1.165) is 40.5 Å². The second kappa shape index (κ2) is 9.50. The zero-order chi connectivity index (χ0) is 27.4. The Labute approximate surface area is 228 Å².